The Kier molecular flexibility index (Phi) is 7.98. The van der Waals surface area contributed by atoms with Crippen molar-refractivity contribution in [3.8, 4) is 0 Å². The van der Waals surface area contributed by atoms with Gasteiger partial charge in [-0.15, -0.1) is 0 Å². The van der Waals surface area contributed by atoms with Crippen LogP contribution < -0.4 is 0 Å². The zero-order chi connectivity index (χ0) is 11.7. The van der Waals surface area contributed by atoms with Crippen molar-refractivity contribution < 1.29 is 0 Å². The standard InChI is InChI=1S/C12H19N.C2H6/c1-4-11-6-5-7-12(13-11)9-8-10(2)3;1-2/h5-7,10H,4,8-9H2,1-3H3;1-2H3. The van der Waals surface area contributed by atoms with Crippen LogP contribution in [0, 0.1) is 5.92 Å². The first-order chi connectivity index (χ1) is 7.22. The van der Waals surface area contributed by atoms with Crippen molar-refractivity contribution in [1.29, 1.82) is 0 Å². The molecule has 0 N–H and O–H groups in total. The summed E-state index contributed by atoms with van der Waals surface area (Å²) >= 11 is 0. The van der Waals surface area contributed by atoms with Gasteiger partial charge < -0.3 is 0 Å². The second-order valence-electron chi connectivity index (χ2n) is 3.91. The molecular formula is C14H25N. The van der Waals surface area contributed by atoms with E-state index in [9.17, 15) is 0 Å². The van der Waals surface area contributed by atoms with Crippen LogP contribution in [0.2, 0.25) is 0 Å². The van der Waals surface area contributed by atoms with Crippen molar-refractivity contribution in [2.24, 2.45) is 5.92 Å². The lowest BCUT2D eigenvalue weighted by Crippen LogP contribution is -1.97. The summed E-state index contributed by atoms with van der Waals surface area (Å²) in [6.07, 6.45) is 3.39. The Morgan fingerprint density at radius 3 is 2.27 bits per heavy atom. The predicted octanol–water partition coefficient (Wildman–Crippen LogP) is 4.26. The SMILES string of the molecule is CC.CCc1cccc(CCC(C)C)n1. The van der Waals surface area contributed by atoms with E-state index in [1.165, 1.54) is 17.8 Å². The Balaban J connectivity index is 0.000000921. The topological polar surface area (TPSA) is 12.9 Å². The summed E-state index contributed by atoms with van der Waals surface area (Å²) in [6, 6.07) is 6.34. The zero-order valence-corrected chi connectivity index (χ0v) is 10.9. The van der Waals surface area contributed by atoms with Crippen molar-refractivity contribution >= 4 is 0 Å². The summed E-state index contributed by atoms with van der Waals surface area (Å²) in [4.78, 5) is 4.56. The third-order valence-corrected chi connectivity index (χ3v) is 2.20. The van der Waals surface area contributed by atoms with Crippen LogP contribution in [0.4, 0.5) is 0 Å². The summed E-state index contributed by atoms with van der Waals surface area (Å²) < 4.78 is 0. The number of nitrogens with zero attached hydrogens (tertiary/aromatic N) is 1. The molecular weight excluding hydrogens is 182 g/mol. The Hall–Kier alpha value is -0.850. The van der Waals surface area contributed by atoms with Crippen LogP contribution in [0.5, 0.6) is 0 Å². The van der Waals surface area contributed by atoms with Gasteiger partial charge in [-0.05, 0) is 37.3 Å². The normalized spacial score (nSPS) is 9.73. The number of pyridine rings is 1. The lowest BCUT2D eigenvalue weighted by Gasteiger charge is -2.04. The molecule has 0 aliphatic rings. The third-order valence-electron chi connectivity index (χ3n) is 2.20. The van der Waals surface area contributed by atoms with Gasteiger partial charge in [0, 0.05) is 11.4 Å². The predicted molar refractivity (Wildman–Crippen MR) is 68.1 cm³/mol. The maximum absolute atomic E-state index is 4.56. The third kappa shape index (κ3) is 6.27. The van der Waals surface area contributed by atoms with E-state index in [0.717, 1.165) is 18.8 Å². The van der Waals surface area contributed by atoms with Crippen LogP contribution in [-0.4, -0.2) is 4.98 Å². The molecule has 0 saturated carbocycles. The molecule has 86 valence electrons. The van der Waals surface area contributed by atoms with Crippen LogP contribution in [0.3, 0.4) is 0 Å². The molecule has 0 amide bonds. The summed E-state index contributed by atoms with van der Waals surface area (Å²) in [6.45, 7) is 10.7. The number of hydrogen-bond acceptors (Lipinski definition) is 1. The van der Waals surface area contributed by atoms with Gasteiger partial charge in [-0.1, -0.05) is 40.7 Å². The summed E-state index contributed by atoms with van der Waals surface area (Å²) in [5, 5.41) is 0. The molecule has 0 spiro atoms. The van der Waals surface area contributed by atoms with Crippen LogP contribution in [0.15, 0.2) is 18.2 Å². The van der Waals surface area contributed by atoms with Gasteiger partial charge in [0.1, 0.15) is 0 Å². The van der Waals surface area contributed by atoms with Crippen LogP contribution in [-0.2, 0) is 12.8 Å². The van der Waals surface area contributed by atoms with E-state index in [0.29, 0.717) is 0 Å². The monoisotopic (exact) mass is 207 g/mol. The highest BCUT2D eigenvalue weighted by molar-refractivity contribution is 5.11. The molecule has 0 atom stereocenters. The minimum atomic E-state index is 0.770. The van der Waals surface area contributed by atoms with Crippen molar-refractivity contribution in [1.82, 2.24) is 4.98 Å². The molecule has 0 bridgehead atoms. The molecule has 1 nitrogen and oxygen atoms in total. The van der Waals surface area contributed by atoms with Gasteiger partial charge in [0.2, 0.25) is 0 Å². The Morgan fingerprint density at radius 1 is 1.13 bits per heavy atom. The molecule has 15 heavy (non-hydrogen) atoms. The van der Waals surface area contributed by atoms with E-state index in [1.54, 1.807) is 0 Å². The first-order valence-corrected chi connectivity index (χ1v) is 6.17. The van der Waals surface area contributed by atoms with E-state index >= 15 is 0 Å². The molecule has 1 rings (SSSR count). The number of aryl methyl sites for hydroxylation is 2. The molecule has 0 fully saturated rings. The number of aromatic nitrogens is 1. The van der Waals surface area contributed by atoms with Gasteiger partial charge in [-0.25, -0.2) is 0 Å². The van der Waals surface area contributed by atoms with Gasteiger partial charge in [0.15, 0.2) is 0 Å². The smallest absolute Gasteiger partial charge is 0.0407 e. The lowest BCUT2D eigenvalue weighted by atomic mass is 10.1. The van der Waals surface area contributed by atoms with Crippen molar-refractivity contribution in [2.75, 3.05) is 0 Å². The fourth-order valence-electron chi connectivity index (χ4n) is 1.30. The summed E-state index contributed by atoms with van der Waals surface area (Å²) in [5.74, 6) is 0.770. The van der Waals surface area contributed by atoms with Gasteiger partial charge >= 0.3 is 0 Å². The van der Waals surface area contributed by atoms with Gasteiger partial charge in [-0.3, -0.25) is 4.98 Å². The molecule has 1 heteroatoms. The van der Waals surface area contributed by atoms with Crippen molar-refractivity contribution in [2.45, 2.75) is 53.9 Å². The number of rotatable bonds is 4. The fourth-order valence-corrected chi connectivity index (χ4v) is 1.30. The van der Waals surface area contributed by atoms with E-state index in [4.69, 9.17) is 0 Å². The van der Waals surface area contributed by atoms with Gasteiger partial charge in [-0.2, -0.15) is 0 Å². The molecule has 0 aliphatic heterocycles. The van der Waals surface area contributed by atoms with Crippen LogP contribution in [0.25, 0.3) is 0 Å². The van der Waals surface area contributed by atoms with E-state index in [2.05, 4.69) is 44.0 Å². The molecule has 1 aromatic rings. The summed E-state index contributed by atoms with van der Waals surface area (Å²) in [7, 11) is 0. The quantitative estimate of drug-likeness (QED) is 0.719. The largest absolute Gasteiger partial charge is 0.258 e. The number of hydrogen-bond donors (Lipinski definition) is 0. The van der Waals surface area contributed by atoms with Crippen molar-refractivity contribution in [3.05, 3.63) is 29.6 Å². The van der Waals surface area contributed by atoms with E-state index in [1.807, 2.05) is 13.8 Å². The highest BCUT2D eigenvalue weighted by atomic mass is 14.7. The highest BCUT2D eigenvalue weighted by Crippen LogP contribution is 2.07. The highest BCUT2D eigenvalue weighted by Gasteiger charge is 1.98. The molecule has 0 aromatic carbocycles. The van der Waals surface area contributed by atoms with Crippen LogP contribution >= 0.6 is 0 Å². The molecule has 1 aromatic heterocycles. The van der Waals surface area contributed by atoms with Gasteiger partial charge in [0.25, 0.3) is 0 Å². The Morgan fingerprint density at radius 2 is 1.73 bits per heavy atom. The van der Waals surface area contributed by atoms with E-state index < -0.39 is 0 Å². The first kappa shape index (κ1) is 14.2. The summed E-state index contributed by atoms with van der Waals surface area (Å²) in [5.41, 5.74) is 2.45. The van der Waals surface area contributed by atoms with Crippen LogP contribution in [0.1, 0.15) is 52.4 Å². The Bertz CT molecular complexity index is 253. The zero-order valence-electron chi connectivity index (χ0n) is 10.9. The second-order valence-corrected chi connectivity index (χ2v) is 3.91. The average Bonchev–Trinajstić information content (AvgIpc) is 2.29. The van der Waals surface area contributed by atoms with Crippen molar-refractivity contribution in [3.63, 3.8) is 0 Å². The molecule has 0 unspecified atom stereocenters. The molecule has 0 saturated heterocycles. The average molecular weight is 207 g/mol. The van der Waals surface area contributed by atoms with E-state index in [-0.39, 0.29) is 0 Å². The Labute approximate surface area is 94.9 Å². The second kappa shape index (κ2) is 8.46. The molecule has 1 heterocycles. The maximum Gasteiger partial charge on any atom is 0.0407 e. The molecule has 0 aliphatic carbocycles. The minimum absolute atomic E-state index is 0.770. The minimum Gasteiger partial charge on any atom is -0.258 e. The molecule has 0 radical (unpaired) electrons. The lowest BCUT2D eigenvalue weighted by molar-refractivity contribution is 0.580. The first-order valence-electron chi connectivity index (χ1n) is 6.17. The fraction of sp³-hybridized carbons (Fsp3) is 0.643. The maximum atomic E-state index is 4.56. The van der Waals surface area contributed by atoms with Gasteiger partial charge in [0.05, 0.1) is 0 Å².